The minimum atomic E-state index is -3.01. The molecule has 2 amide bonds. The maximum Gasteiger partial charge on any atom is 0.273 e. The van der Waals surface area contributed by atoms with Crippen molar-refractivity contribution < 1.29 is 18.4 Å². The normalized spacial score (nSPS) is 15.8. The van der Waals surface area contributed by atoms with Gasteiger partial charge in [0.1, 0.15) is 0 Å². The summed E-state index contributed by atoms with van der Waals surface area (Å²) in [6.07, 6.45) is 3.16. The Morgan fingerprint density at radius 3 is 2.54 bits per heavy atom. The number of aromatic nitrogens is 1. The summed E-state index contributed by atoms with van der Waals surface area (Å²) in [5, 5.41) is 8.25. The number of benzene rings is 2. The van der Waals surface area contributed by atoms with Crippen LogP contribution in [0, 0.1) is 12.8 Å². The maximum absolute atomic E-state index is 14.1. The van der Waals surface area contributed by atoms with Crippen molar-refractivity contribution in [1.82, 2.24) is 4.98 Å². The molecule has 0 fully saturated rings. The van der Waals surface area contributed by atoms with Gasteiger partial charge in [0, 0.05) is 30.1 Å². The van der Waals surface area contributed by atoms with Crippen molar-refractivity contribution in [2.24, 2.45) is 11.0 Å². The highest BCUT2D eigenvalue weighted by molar-refractivity contribution is 6.28. The molecule has 0 aliphatic carbocycles. The zero-order valence-electron chi connectivity index (χ0n) is 21.5. The minimum absolute atomic E-state index is 0.193. The van der Waals surface area contributed by atoms with Gasteiger partial charge in [-0.25, -0.2) is 8.78 Å². The molecular weight excluding hydrogens is 474 g/mol. The molecule has 37 heavy (non-hydrogen) atoms. The largest absolute Gasteiger partial charge is 0.325 e. The van der Waals surface area contributed by atoms with Crippen molar-refractivity contribution >= 4 is 28.9 Å². The van der Waals surface area contributed by atoms with Gasteiger partial charge in [-0.05, 0) is 72.4 Å². The van der Waals surface area contributed by atoms with E-state index in [9.17, 15) is 18.4 Å². The zero-order chi connectivity index (χ0) is 26.9. The Bertz CT molecular complexity index is 1380. The molecule has 2 heterocycles. The fourth-order valence-electron chi connectivity index (χ4n) is 4.48. The smallest absolute Gasteiger partial charge is 0.273 e. The van der Waals surface area contributed by atoms with Crippen molar-refractivity contribution in [3.05, 3.63) is 77.6 Å². The van der Waals surface area contributed by atoms with Crippen LogP contribution in [0.15, 0.2) is 66.0 Å². The maximum atomic E-state index is 14.1. The Morgan fingerprint density at radius 2 is 1.86 bits per heavy atom. The Hall–Kier alpha value is -3.94. The number of nitrogens with one attached hydrogen (secondary N) is 1. The summed E-state index contributed by atoms with van der Waals surface area (Å²) in [5.41, 5.74) is 4.96. The van der Waals surface area contributed by atoms with Crippen LogP contribution in [0.2, 0.25) is 0 Å². The SMILES string of the molecule is CCC(F)(F)c1cccc(NC(=O)C2C(=O)N(c3ccc(C(C)C)c(-c4ccncc4C)c3)N=C2C)c1. The number of pyridine rings is 1. The number of carbonyl (C=O) groups excluding carboxylic acids is 2. The lowest BCUT2D eigenvalue weighted by molar-refractivity contribution is -0.127. The number of carbonyl (C=O) groups is 2. The number of amides is 2. The van der Waals surface area contributed by atoms with Crippen LogP contribution in [0.3, 0.4) is 0 Å². The molecule has 192 valence electrons. The van der Waals surface area contributed by atoms with Gasteiger partial charge in [0.05, 0.1) is 11.4 Å². The monoisotopic (exact) mass is 504 g/mol. The highest BCUT2D eigenvalue weighted by Gasteiger charge is 2.40. The van der Waals surface area contributed by atoms with Gasteiger partial charge in [-0.15, -0.1) is 0 Å². The van der Waals surface area contributed by atoms with E-state index in [0.717, 1.165) is 22.3 Å². The Balaban J connectivity index is 1.62. The molecular formula is C29H30F2N4O2. The van der Waals surface area contributed by atoms with Crippen LogP contribution in [-0.2, 0) is 15.5 Å². The van der Waals surface area contributed by atoms with E-state index in [2.05, 4.69) is 29.2 Å². The van der Waals surface area contributed by atoms with E-state index in [1.807, 2.05) is 31.2 Å². The number of halogens is 2. The van der Waals surface area contributed by atoms with E-state index < -0.39 is 23.7 Å². The third kappa shape index (κ3) is 5.14. The van der Waals surface area contributed by atoms with Gasteiger partial charge in [0.25, 0.3) is 11.8 Å². The molecule has 1 aromatic heterocycles. The van der Waals surface area contributed by atoms with E-state index in [-0.39, 0.29) is 23.6 Å². The number of hydrogen-bond donors (Lipinski definition) is 1. The molecule has 1 atom stereocenters. The molecule has 3 aromatic rings. The van der Waals surface area contributed by atoms with Gasteiger partial charge in [-0.2, -0.15) is 10.1 Å². The Labute approximate surface area is 215 Å². The molecule has 0 saturated heterocycles. The van der Waals surface area contributed by atoms with Crippen LogP contribution in [0.4, 0.5) is 20.2 Å². The fraction of sp³-hybridized carbons (Fsp3) is 0.310. The molecule has 8 heteroatoms. The van der Waals surface area contributed by atoms with Crippen LogP contribution < -0.4 is 10.3 Å². The van der Waals surface area contributed by atoms with Gasteiger partial charge >= 0.3 is 0 Å². The highest BCUT2D eigenvalue weighted by Crippen LogP contribution is 2.36. The molecule has 6 nitrogen and oxygen atoms in total. The third-order valence-corrected chi connectivity index (χ3v) is 6.60. The molecule has 1 aliphatic heterocycles. The zero-order valence-corrected chi connectivity index (χ0v) is 21.5. The van der Waals surface area contributed by atoms with Crippen molar-refractivity contribution in [3.63, 3.8) is 0 Å². The van der Waals surface area contributed by atoms with Crippen LogP contribution in [0.25, 0.3) is 11.1 Å². The first-order chi connectivity index (χ1) is 17.5. The Morgan fingerprint density at radius 1 is 1.11 bits per heavy atom. The summed E-state index contributed by atoms with van der Waals surface area (Å²) in [4.78, 5) is 30.6. The molecule has 1 aliphatic rings. The quantitative estimate of drug-likeness (QED) is 0.366. The van der Waals surface area contributed by atoms with E-state index in [4.69, 9.17) is 0 Å². The summed E-state index contributed by atoms with van der Waals surface area (Å²) in [5.74, 6) is -5.04. The number of hydrazone groups is 1. The summed E-state index contributed by atoms with van der Waals surface area (Å²) in [6.45, 7) is 9.19. The van der Waals surface area contributed by atoms with Gasteiger partial charge in [-0.1, -0.05) is 39.0 Å². The lowest BCUT2D eigenvalue weighted by Gasteiger charge is -2.20. The van der Waals surface area contributed by atoms with Crippen molar-refractivity contribution in [3.8, 4) is 11.1 Å². The van der Waals surface area contributed by atoms with E-state index >= 15 is 0 Å². The predicted octanol–water partition coefficient (Wildman–Crippen LogP) is 6.66. The lowest BCUT2D eigenvalue weighted by Crippen LogP contribution is -2.36. The average molecular weight is 505 g/mol. The topological polar surface area (TPSA) is 74.7 Å². The summed E-state index contributed by atoms with van der Waals surface area (Å²) in [7, 11) is 0. The second-order valence-corrected chi connectivity index (χ2v) is 9.57. The van der Waals surface area contributed by atoms with Crippen molar-refractivity contribution in [2.45, 2.75) is 52.9 Å². The van der Waals surface area contributed by atoms with Gasteiger partial charge < -0.3 is 5.32 Å². The first-order valence-corrected chi connectivity index (χ1v) is 12.3. The van der Waals surface area contributed by atoms with Gasteiger partial charge in [0.15, 0.2) is 5.92 Å². The average Bonchev–Trinajstić information content (AvgIpc) is 3.17. The van der Waals surface area contributed by atoms with Gasteiger partial charge in [0.2, 0.25) is 5.91 Å². The summed E-state index contributed by atoms with van der Waals surface area (Å²) < 4.78 is 28.3. The first kappa shape index (κ1) is 26.1. The van der Waals surface area contributed by atoms with Crippen LogP contribution in [-0.4, -0.2) is 22.5 Å². The minimum Gasteiger partial charge on any atom is -0.325 e. The second-order valence-electron chi connectivity index (χ2n) is 9.57. The number of alkyl halides is 2. The number of rotatable bonds is 7. The number of anilines is 2. The van der Waals surface area contributed by atoms with E-state index in [1.54, 1.807) is 19.3 Å². The molecule has 0 bridgehead atoms. The van der Waals surface area contributed by atoms with E-state index in [0.29, 0.717) is 11.4 Å². The number of aryl methyl sites for hydroxylation is 1. The van der Waals surface area contributed by atoms with E-state index in [1.165, 1.54) is 36.2 Å². The standard InChI is InChI=1S/C29H30F2N4O2/c1-6-29(30,31)20-8-7-9-21(14-20)33-27(36)26-19(5)34-35(28(26)37)22-10-11-23(17(2)3)25(15-22)24-12-13-32-16-18(24)4/h7-17,26H,6H2,1-5H3,(H,33,36). The van der Waals surface area contributed by atoms with Crippen LogP contribution in [0.5, 0.6) is 0 Å². The predicted molar refractivity (Wildman–Crippen MR) is 142 cm³/mol. The molecule has 2 aromatic carbocycles. The molecule has 4 rings (SSSR count). The molecule has 0 saturated carbocycles. The highest BCUT2D eigenvalue weighted by atomic mass is 19.3. The lowest BCUT2D eigenvalue weighted by atomic mass is 9.90. The van der Waals surface area contributed by atoms with Crippen LogP contribution >= 0.6 is 0 Å². The summed E-state index contributed by atoms with van der Waals surface area (Å²) >= 11 is 0. The van der Waals surface area contributed by atoms with Crippen molar-refractivity contribution in [1.29, 1.82) is 0 Å². The molecule has 0 spiro atoms. The van der Waals surface area contributed by atoms with Gasteiger partial charge in [-0.3, -0.25) is 14.6 Å². The van der Waals surface area contributed by atoms with Crippen LogP contribution in [0.1, 0.15) is 56.7 Å². The first-order valence-electron chi connectivity index (χ1n) is 12.3. The fourth-order valence-corrected chi connectivity index (χ4v) is 4.48. The molecule has 0 radical (unpaired) electrons. The second kappa shape index (κ2) is 10.2. The Kier molecular flexibility index (Phi) is 7.21. The molecule has 1 N–H and O–H groups in total. The van der Waals surface area contributed by atoms with Crippen molar-refractivity contribution in [2.75, 3.05) is 10.3 Å². The number of nitrogens with zero attached hydrogens (tertiary/aromatic N) is 3. The molecule has 1 unspecified atom stereocenters. The summed E-state index contributed by atoms with van der Waals surface area (Å²) in [6, 6.07) is 13.2. The third-order valence-electron chi connectivity index (χ3n) is 6.60. The number of hydrogen-bond acceptors (Lipinski definition) is 4.